The van der Waals surface area contributed by atoms with Crippen LogP contribution in [0.2, 0.25) is 0 Å². The van der Waals surface area contributed by atoms with Crippen molar-refractivity contribution in [2.45, 2.75) is 25.9 Å². The van der Waals surface area contributed by atoms with E-state index in [1.807, 2.05) is 54.6 Å². The third kappa shape index (κ3) is 3.77. The van der Waals surface area contributed by atoms with Crippen LogP contribution < -0.4 is 5.32 Å². The van der Waals surface area contributed by atoms with Gasteiger partial charge in [0.15, 0.2) is 6.10 Å². The van der Waals surface area contributed by atoms with Gasteiger partial charge in [-0.25, -0.2) is 0 Å². The zero-order valence-corrected chi connectivity index (χ0v) is 13.0. The van der Waals surface area contributed by atoms with Crippen LogP contribution in [0.3, 0.4) is 0 Å². The van der Waals surface area contributed by atoms with Crippen molar-refractivity contribution in [3.63, 3.8) is 0 Å². The van der Waals surface area contributed by atoms with Crippen molar-refractivity contribution in [3.8, 4) is 11.1 Å². The Labute approximate surface area is 135 Å². The van der Waals surface area contributed by atoms with E-state index in [0.717, 1.165) is 24.0 Å². The number of anilines is 1. The molecule has 2 aromatic carbocycles. The molecule has 0 radical (unpaired) electrons. The molecule has 2 aromatic rings. The molecule has 1 N–H and O–H groups in total. The number of hydrogen-bond acceptors (Lipinski definition) is 3. The van der Waals surface area contributed by atoms with Crippen LogP contribution in [-0.2, 0) is 14.3 Å². The first kappa shape index (κ1) is 15.3. The Morgan fingerprint density at radius 1 is 1.04 bits per heavy atom. The Hall–Kier alpha value is -2.62. The summed E-state index contributed by atoms with van der Waals surface area (Å²) < 4.78 is 5.20. The number of carbonyl (C=O) groups is 2. The van der Waals surface area contributed by atoms with Crippen molar-refractivity contribution in [1.82, 2.24) is 0 Å². The molecule has 23 heavy (non-hydrogen) atoms. The molecule has 4 nitrogen and oxygen atoms in total. The Morgan fingerprint density at radius 3 is 2.39 bits per heavy atom. The normalized spacial score (nSPS) is 14.8. The van der Waals surface area contributed by atoms with Gasteiger partial charge in [-0.15, -0.1) is 0 Å². The second-order valence-corrected chi connectivity index (χ2v) is 5.75. The van der Waals surface area contributed by atoms with E-state index in [9.17, 15) is 9.59 Å². The summed E-state index contributed by atoms with van der Waals surface area (Å²) in [6.07, 6.45) is 0.931. The number of para-hydroxylation sites is 1. The summed E-state index contributed by atoms with van der Waals surface area (Å²) in [5.41, 5.74) is 2.66. The number of nitrogens with one attached hydrogen (secondary N) is 1. The van der Waals surface area contributed by atoms with Crippen molar-refractivity contribution in [1.29, 1.82) is 0 Å². The number of ether oxygens (including phenoxy) is 1. The first-order valence-corrected chi connectivity index (χ1v) is 7.81. The van der Waals surface area contributed by atoms with E-state index < -0.39 is 6.10 Å². The number of rotatable bonds is 5. The predicted octanol–water partition coefficient (Wildman–Crippen LogP) is 3.63. The zero-order chi connectivity index (χ0) is 16.2. The Bertz CT molecular complexity index is 708. The van der Waals surface area contributed by atoms with Crippen LogP contribution in [0.5, 0.6) is 0 Å². The van der Waals surface area contributed by atoms with Crippen LogP contribution in [0.25, 0.3) is 11.1 Å². The molecule has 0 aliphatic heterocycles. The molecule has 118 valence electrons. The quantitative estimate of drug-likeness (QED) is 0.858. The van der Waals surface area contributed by atoms with Gasteiger partial charge >= 0.3 is 5.97 Å². The lowest BCUT2D eigenvalue weighted by molar-refractivity contribution is -0.154. The van der Waals surface area contributed by atoms with Gasteiger partial charge in [0, 0.05) is 11.3 Å². The summed E-state index contributed by atoms with van der Waals surface area (Å²) >= 11 is 0. The minimum Gasteiger partial charge on any atom is -0.452 e. The monoisotopic (exact) mass is 309 g/mol. The van der Waals surface area contributed by atoms with E-state index in [1.54, 1.807) is 6.92 Å². The number of benzene rings is 2. The average molecular weight is 309 g/mol. The molecule has 3 rings (SSSR count). The van der Waals surface area contributed by atoms with Gasteiger partial charge in [0.25, 0.3) is 5.91 Å². The van der Waals surface area contributed by atoms with E-state index in [-0.39, 0.29) is 17.8 Å². The maximum atomic E-state index is 12.3. The summed E-state index contributed by atoms with van der Waals surface area (Å²) in [5.74, 6) is -0.603. The smallest absolute Gasteiger partial charge is 0.309 e. The van der Waals surface area contributed by atoms with Crippen LogP contribution >= 0.6 is 0 Å². The molecule has 1 saturated carbocycles. The van der Waals surface area contributed by atoms with E-state index in [2.05, 4.69) is 5.32 Å². The van der Waals surface area contributed by atoms with Gasteiger partial charge in [0.1, 0.15) is 0 Å². The molecule has 1 amide bonds. The standard InChI is InChI=1S/C19H19NO3/c1-13(23-19(22)15-11-12-15)18(21)20-17-10-6-5-9-16(17)14-7-3-2-4-8-14/h2-10,13,15H,11-12H2,1H3,(H,20,21)/t13-/m0/s1. The molecule has 0 unspecified atom stereocenters. The summed E-state index contributed by atoms with van der Waals surface area (Å²) in [6.45, 7) is 1.60. The van der Waals surface area contributed by atoms with Gasteiger partial charge in [-0.3, -0.25) is 9.59 Å². The fourth-order valence-corrected chi connectivity index (χ4v) is 2.34. The fourth-order valence-electron chi connectivity index (χ4n) is 2.34. The molecule has 0 aromatic heterocycles. The molecular formula is C19H19NO3. The van der Waals surface area contributed by atoms with Gasteiger partial charge < -0.3 is 10.1 Å². The maximum absolute atomic E-state index is 12.3. The van der Waals surface area contributed by atoms with Crippen LogP contribution in [0, 0.1) is 5.92 Å². The molecule has 0 bridgehead atoms. The molecule has 0 saturated heterocycles. The molecule has 1 atom stereocenters. The second-order valence-electron chi connectivity index (χ2n) is 5.75. The molecular weight excluding hydrogens is 290 g/mol. The summed E-state index contributed by atoms with van der Waals surface area (Å²) in [5, 5.41) is 2.86. The molecule has 1 aliphatic rings. The van der Waals surface area contributed by atoms with Gasteiger partial charge in [0.2, 0.25) is 0 Å². The minimum absolute atomic E-state index is 0.0122. The molecule has 1 aliphatic carbocycles. The lowest BCUT2D eigenvalue weighted by Crippen LogP contribution is -2.30. The molecule has 0 heterocycles. The van der Waals surface area contributed by atoms with Gasteiger partial charge in [-0.05, 0) is 31.4 Å². The first-order valence-electron chi connectivity index (χ1n) is 7.81. The molecule has 4 heteroatoms. The largest absolute Gasteiger partial charge is 0.452 e. The van der Waals surface area contributed by atoms with Crippen molar-refractivity contribution in [2.75, 3.05) is 5.32 Å². The van der Waals surface area contributed by atoms with Crippen LogP contribution in [0.1, 0.15) is 19.8 Å². The third-order valence-electron chi connectivity index (χ3n) is 3.84. The van der Waals surface area contributed by atoms with E-state index in [4.69, 9.17) is 4.74 Å². The zero-order valence-electron chi connectivity index (χ0n) is 13.0. The molecule has 0 spiro atoms. The fraction of sp³-hybridized carbons (Fsp3) is 0.263. The van der Waals surface area contributed by atoms with E-state index in [0.29, 0.717) is 5.69 Å². The second kappa shape index (κ2) is 6.65. The van der Waals surface area contributed by atoms with Crippen LogP contribution in [-0.4, -0.2) is 18.0 Å². The average Bonchev–Trinajstić information content (AvgIpc) is 3.41. The summed E-state index contributed by atoms with van der Waals surface area (Å²) in [6, 6.07) is 17.4. The third-order valence-corrected chi connectivity index (χ3v) is 3.84. The lowest BCUT2D eigenvalue weighted by atomic mass is 10.0. The number of amides is 1. The highest BCUT2D eigenvalue weighted by molar-refractivity contribution is 5.98. The summed E-state index contributed by atoms with van der Waals surface area (Å²) in [4.78, 5) is 23.9. The van der Waals surface area contributed by atoms with Gasteiger partial charge in [0.05, 0.1) is 5.92 Å². The number of esters is 1. The highest BCUT2D eigenvalue weighted by Crippen LogP contribution is 2.31. The van der Waals surface area contributed by atoms with Gasteiger partial charge in [-0.1, -0.05) is 48.5 Å². The van der Waals surface area contributed by atoms with Crippen LogP contribution in [0.15, 0.2) is 54.6 Å². The van der Waals surface area contributed by atoms with Gasteiger partial charge in [-0.2, -0.15) is 0 Å². The minimum atomic E-state index is -0.799. The Kier molecular flexibility index (Phi) is 4.42. The maximum Gasteiger partial charge on any atom is 0.309 e. The van der Waals surface area contributed by atoms with Crippen molar-refractivity contribution < 1.29 is 14.3 Å². The van der Waals surface area contributed by atoms with E-state index in [1.165, 1.54) is 0 Å². The number of carbonyl (C=O) groups excluding carboxylic acids is 2. The SMILES string of the molecule is C[C@H](OC(=O)C1CC1)C(=O)Nc1ccccc1-c1ccccc1. The van der Waals surface area contributed by atoms with Crippen LogP contribution in [0.4, 0.5) is 5.69 Å². The molecule has 1 fully saturated rings. The topological polar surface area (TPSA) is 55.4 Å². The van der Waals surface area contributed by atoms with E-state index >= 15 is 0 Å². The highest BCUT2D eigenvalue weighted by Gasteiger charge is 2.33. The summed E-state index contributed by atoms with van der Waals surface area (Å²) in [7, 11) is 0. The van der Waals surface area contributed by atoms with Crippen molar-refractivity contribution in [3.05, 3.63) is 54.6 Å². The Morgan fingerprint density at radius 2 is 1.70 bits per heavy atom. The predicted molar refractivity (Wildman–Crippen MR) is 88.8 cm³/mol. The lowest BCUT2D eigenvalue weighted by Gasteiger charge is -2.15. The number of hydrogen-bond donors (Lipinski definition) is 1. The van der Waals surface area contributed by atoms with Crippen molar-refractivity contribution >= 4 is 17.6 Å². The highest BCUT2D eigenvalue weighted by atomic mass is 16.5. The first-order chi connectivity index (χ1) is 11.1. The Balaban J connectivity index is 1.72. The van der Waals surface area contributed by atoms with Crippen molar-refractivity contribution in [2.24, 2.45) is 5.92 Å².